The fraction of sp³-hybridized carbons (Fsp3) is 0. The Bertz CT molecular complexity index is 1320. The van der Waals surface area contributed by atoms with Crippen LogP contribution in [0.4, 0.5) is 0 Å². The Morgan fingerprint density at radius 2 is 1.29 bits per heavy atom. The second kappa shape index (κ2) is 6.90. The molecule has 0 aliphatic rings. The molecular formula is C24H14O4. The zero-order valence-electron chi connectivity index (χ0n) is 14.6. The molecule has 0 amide bonds. The Kier molecular flexibility index (Phi) is 4.27. The Morgan fingerprint density at radius 3 is 2.07 bits per heavy atom. The van der Waals surface area contributed by atoms with Crippen molar-refractivity contribution in [1.29, 1.82) is 0 Å². The molecular weight excluding hydrogens is 352 g/mol. The van der Waals surface area contributed by atoms with Gasteiger partial charge in [0.15, 0.2) is 0 Å². The van der Waals surface area contributed by atoms with Crippen molar-refractivity contribution in [2.24, 2.45) is 0 Å². The molecule has 0 unspecified atom stereocenters. The van der Waals surface area contributed by atoms with Gasteiger partial charge in [0.1, 0.15) is 0 Å². The highest BCUT2D eigenvalue weighted by molar-refractivity contribution is 6.11. The number of carboxylic acid groups (broad SMARTS) is 2. The maximum atomic E-state index is 11.9. The van der Waals surface area contributed by atoms with Gasteiger partial charge in [-0.3, -0.25) is 0 Å². The van der Waals surface area contributed by atoms with Crippen LogP contribution >= 0.6 is 0 Å². The number of hydrogen-bond acceptors (Lipinski definition) is 2. The SMILES string of the molecule is O=C(O)c1cccc2c(C(=O)O)c(C#Cc3cccc4ccccc34)ccc12. The van der Waals surface area contributed by atoms with Crippen molar-refractivity contribution in [2.45, 2.75) is 0 Å². The number of fused-ring (bicyclic) bond motifs is 2. The lowest BCUT2D eigenvalue weighted by Gasteiger charge is -2.08. The van der Waals surface area contributed by atoms with Crippen LogP contribution in [0.3, 0.4) is 0 Å². The van der Waals surface area contributed by atoms with Crippen LogP contribution in [0, 0.1) is 11.8 Å². The van der Waals surface area contributed by atoms with Crippen LogP contribution < -0.4 is 0 Å². The topological polar surface area (TPSA) is 74.6 Å². The lowest BCUT2D eigenvalue weighted by Crippen LogP contribution is -2.04. The molecule has 134 valence electrons. The molecule has 0 spiro atoms. The van der Waals surface area contributed by atoms with E-state index >= 15 is 0 Å². The molecule has 0 radical (unpaired) electrons. The number of carboxylic acids is 2. The first-order valence-corrected chi connectivity index (χ1v) is 8.58. The third-order valence-corrected chi connectivity index (χ3v) is 4.63. The number of rotatable bonds is 2. The lowest BCUT2D eigenvalue weighted by molar-refractivity contribution is 0.0686. The van der Waals surface area contributed by atoms with Crippen molar-refractivity contribution in [2.75, 3.05) is 0 Å². The first kappa shape index (κ1) is 17.3. The summed E-state index contributed by atoms with van der Waals surface area (Å²) < 4.78 is 0. The zero-order chi connectivity index (χ0) is 19.7. The van der Waals surface area contributed by atoms with Crippen molar-refractivity contribution in [1.82, 2.24) is 0 Å². The molecule has 28 heavy (non-hydrogen) atoms. The van der Waals surface area contributed by atoms with Gasteiger partial charge in [0.25, 0.3) is 0 Å². The molecule has 2 N–H and O–H groups in total. The van der Waals surface area contributed by atoms with Gasteiger partial charge >= 0.3 is 11.9 Å². The van der Waals surface area contributed by atoms with Gasteiger partial charge in [-0.1, -0.05) is 66.4 Å². The summed E-state index contributed by atoms with van der Waals surface area (Å²) in [6.07, 6.45) is 0. The molecule has 4 nitrogen and oxygen atoms in total. The van der Waals surface area contributed by atoms with Crippen LogP contribution in [-0.2, 0) is 0 Å². The quantitative estimate of drug-likeness (QED) is 0.500. The second-order valence-corrected chi connectivity index (χ2v) is 6.28. The third-order valence-electron chi connectivity index (χ3n) is 4.63. The maximum Gasteiger partial charge on any atom is 0.337 e. The van der Waals surface area contributed by atoms with E-state index < -0.39 is 11.9 Å². The van der Waals surface area contributed by atoms with Crippen LogP contribution in [0.25, 0.3) is 21.5 Å². The van der Waals surface area contributed by atoms with Gasteiger partial charge in [0, 0.05) is 11.1 Å². The summed E-state index contributed by atoms with van der Waals surface area (Å²) in [6, 6.07) is 21.4. The van der Waals surface area contributed by atoms with Gasteiger partial charge in [0.2, 0.25) is 0 Å². The summed E-state index contributed by atoms with van der Waals surface area (Å²) in [6.45, 7) is 0. The largest absolute Gasteiger partial charge is 0.478 e. The van der Waals surface area contributed by atoms with Crippen LogP contribution in [0.15, 0.2) is 72.8 Å². The molecule has 0 aliphatic heterocycles. The van der Waals surface area contributed by atoms with Gasteiger partial charge in [-0.05, 0) is 39.7 Å². The van der Waals surface area contributed by atoms with E-state index in [1.807, 2.05) is 42.5 Å². The van der Waals surface area contributed by atoms with Crippen LogP contribution in [-0.4, -0.2) is 22.2 Å². The van der Waals surface area contributed by atoms with E-state index in [1.165, 1.54) is 6.07 Å². The third kappa shape index (κ3) is 2.95. The van der Waals surface area contributed by atoms with E-state index in [0.29, 0.717) is 16.3 Å². The summed E-state index contributed by atoms with van der Waals surface area (Å²) in [7, 11) is 0. The van der Waals surface area contributed by atoms with Crippen molar-refractivity contribution in [3.63, 3.8) is 0 Å². The standard InChI is InChI=1S/C24H14O4/c25-23(26)21-10-4-9-20-19(21)14-13-17(22(20)24(27)28)12-11-16-7-3-6-15-5-1-2-8-18(15)16/h1-10,13-14H,(H,25,26)(H,27,28). The monoisotopic (exact) mass is 366 g/mol. The lowest BCUT2D eigenvalue weighted by atomic mass is 9.95. The summed E-state index contributed by atoms with van der Waals surface area (Å²) in [5, 5.41) is 21.9. The molecule has 0 heterocycles. The average Bonchev–Trinajstić information content (AvgIpc) is 2.70. The predicted octanol–water partition coefficient (Wildman–Crippen LogP) is 4.79. The molecule has 4 aromatic carbocycles. The normalized spacial score (nSPS) is 10.4. The maximum absolute atomic E-state index is 11.9. The highest BCUT2D eigenvalue weighted by Crippen LogP contribution is 2.26. The van der Waals surface area contributed by atoms with Crippen molar-refractivity contribution < 1.29 is 19.8 Å². The molecule has 0 bridgehead atoms. The first-order valence-electron chi connectivity index (χ1n) is 8.58. The molecule has 0 saturated carbocycles. The molecule has 0 fully saturated rings. The highest BCUT2D eigenvalue weighted by atomic mass is 16.4. The van der Waals surface area contributed by atoms with Crippen LogP contribution in [0.1, 0.15) is 31.8 Å². The number of benzene rings is 4. The highest BCUT2D eigenvalue weighted by Gasteiger charge is 2.17. The molecule has 0 saturated heterocycles. The van der Waals surface area contributed by atoms with Crippen molar-refractivity contribution >= 4 is 33.5 Å². The average molecular weight is 366 g/mol. The minimum Gasteiger partial charge on any atom is -0.478 e. The van der Waals surface area contributed by atoms with E-state index in [9.17, 15) is 19.8 Å². The van der Waals surface area contributed by atoms with Gasteiger partial charge in [-0.2, -0.15) is 0 Å². The van der Waals surface area contributed by atoms with E-state index in [0.717, 1.165) is 16.3 Å². The van der Waals surface area contributed by atoms with E-state index in [4.69, 9.17) is 0 Å². The smallest absolute Gasteiger partial charge is 0.337 e. The second-order valence-electron chi connectivity index (χ2n) is 6.28. The summed E-state index contributed by atoms with van der Waals surface area (Å²) >= 11 is 0. The Labute approximate surface area is 160 Å². The molecule has 0 aromatic heterocycles. The van der Waals surface area contributed by atoms with E-state index in [-0.39, 0.29) is 11.1 Å². The fourth-order valence-corrected chi connectivity index (χ4v) is 3.35. The Morgan fingerprint density at radius 1 is 0.607 bits per heavy atom. The summed E-state index contributed by atoms with van der Waals surface area (Å²) in [5.74, 6) is 3.79. The van der Waals surface area contributed by atoms with Gasteiger partial charge in [-0.15, -0.1) is 0 Å². The van der Waals surface area contributed by atoms with E-state index in [2.05, 4.69) is 11.8 Å². The van der Waals surface area contributed by atoms with Crippen molar-refractivity contribution in [3.8, 4) is 11.8 Å². The minimum atomic E-state index is -1.14. The Hall–Kier alpha value is -4.10. The zero-order valence-corrected chi connectivity index (χ0v) is 14.6. The summed E-state index contributed by atoms with van der Waals surface area (Å²) in [4.78, 5) is 23.4. The molecule has 4 aromatic rings. The minimum absolute atomic E-state index is 0.00772. The fourth-order valence-electron chi connectivity index (χ4n) is 3.35. The summed E-state index contributed by atoms with van der Waals surface area (Å²) in [5.41, 5.74) is 1.21. The molecule has 0 aliphatic carbocycles. The van der Waals surface area contributed by atoms with Crippen LogP contribution in [0.5, 0.6) is 0 Å². The number of aromatic carboxylic acids is 2. The van der Waals surface area contributed by atoms with Gasteiger partial charge in [-0.25, -0.2) is 9.59 Å². The number of carbonyl (C=O) groups is 2. The number of hydrogen-bond donors (Lipinski definition) is 2. The first-order chi connectivity index (χ1) is 13.6. The molecule has 4 heteroatoms. The predicted molar refractivity (Wildman–Crippen MR) is 108 cm³/mol. The van der Waals surface area contributed by atoms with Gasteiger partial charge in [0.05, 0.1) is 11.1 Å². The Balaban J connectivity index is 1.93. The van der Waals surface area contributed by atoms with Gasteiger partial charge < -0.3 is 10.2 Å². The molecule has 4 rings (SSSR count). The van der Waals surface area contributed by atoms with Crippen LogP contribution in [0.2, 0.25) is 0 Å². The van der Waals surface area contributed by atoms with E-state index in [1.54, 1.807) is 24.3 Å². The van der Waals surface area contributed by atoms with Crippen molar-refractivity contribution in [3.05, 3.63) is 95.1 Å². The molecule has 0 atom stereocenters.